The predicted molar refractivity (Wildman–Crippen MR) is 49.4 cm³/mol. The van der Waals surface area contributed by atoms with E-state index < -0.39 is 21.3 Å². The van der Waals surface area contributed by atoms with E-state index in [1.54, 1.807) is 13.8 Å². The molecular formula is C6H18N2O4Si. The average Bonchev–Trinajstić information content (AvgIpc) is 2.02. The van der Waals surface area contributed by atoms with Crippen molar-refractivity contribution in [3.05, 3.63) is 0 Å². The largest absolute Gasteiger partial charge is 0.674 e. The molecule has 0 aromatic rings. The molecule has 0 aliphatic heterocycles. The van der Waals surface area contributed by atoms with Crippen molar-refractivity contribution >= 4 is 9.05 Å². The average molecular weight is 210 g/mol. The lowest BCUT2D eigenvalue weighted by molar-refractivity contribution is -0.0187. The summed E-state index contributed by atoms with van der Waals surface area (Å²) < 4.78 is 9.61. The van der Waals surface area contributed by atoms with Gasteiger partial charge in [-0.15, -0.1) is 0 Å². The van der Waals surface area contributed by atoms with E-state index in [2.05, 4.69) is 0 Å². The highest BCUT2D eigenvalue weighted by Crippen LogP contribution is 2.05. The van der Waals surface area contributed by atoms with Crippen LogP contribution in [0.25, 0.3) is 0 Å². The highest BCUT2D eigenvalue weighted by molar-refractivity contribution is 6.50. The van der Waals surface area contributed by atoms with Crippen LogP contribution in [0.2, 0.25) is 0 Å². The van der Waals surface area contributed by atoms with E-state index in [9.17, 15) is 9.59 Å². The Morgan fingerprint density at radius 3 is 1.62 bits per heavy atom. The number of hydrogen-bond acceptors (Lipinski definition) is 6. The summed E-state index contributed by atoms with van der Waals surface area (Å²) in [6, 6.07) is 0. The van der Waals surface area contributed by atoms with Gasteiger partial charge in [0.05, 0.1) is 12.2 Å². The van der Waals surface area contributed by atoms with E-state index in [-0.39, 0.29) is 13.1 Å². The quantitative estimate of drug-likeness (QED) is 0.382. The van der Waals surface area contributed by atoms with Crippen LogP contribution in [0.15, 0.2) is 0 Å². The highest BCUT2D eigenvalue weighted by Gasteiger charge is 2.39. The normalized spacial score (nSPS) is 17.1. The second-order valence-corrected chi connectivity index (χ2v) is 4.45. The summed E-state index contributed by atoms with van der Waals surface area (Å²) in [6.07, 6.45) is -0.877. The van der Waals surface area contributed by atoms with Gasteiger partial charge in [-0.25, -0.2) is 0 Å². The fraction of sp³-hybridized carbons (Fsp3) is 1.00. The number of rotatable bonds is 6. The van der Waals surface area contributed by atoms with Crippen LogP contribution < -0.4 is 11.5 Å². The lowest BCUT2D eigenvalue weighted by atomic mass is 10.4. The predicted octanol–water partition coefficient (Wildman–Crippen LogP) is -1.87. The van der Waals surface area contributed by atoms with Gasteiger partial charge >= 0.3 is 9.05 Å². The lowest BCUT2D eigenvalue weighted by Gasteiger charge is -2.23. The zero-order valence-electron chi connectivity index (χ0n) is 7.93. The number of hydrogen-bond donors (Lipinski definition) is 4. The van der Waals surface area contributed by atoms with E-state index in [0.29, 0.717) is 0 Å². The molecule has 0 heterocycles. The van der Waals surface area contributed by atoms with E-state index in [4.69, 9.17) is 20.3 Å². The Bertz CT molecular complexity index is 133. The summed E-state index contributed by atoms with van der Waals surface area (Å²) in [7, 11) is -4.03. The summed E-state index contributed by atoms with van der Waals surface area (Å²) in [5.41, 5.74) is 10.5. The molecule has 7 heteroatoms. The minimum Gasteiger partial charge on any atom is -0.367 e. The Morgan fingerprint density at radius 1 is 1.08 bits per heavy atom. The maximum Gasteiger partial charge on any atom is 0.674 e. The molecule has 0 bridgehead atoms. The van der Waals surface area contributed by atoms with Crippen LogP contribution in [0.3, 0.4) is 0 Å². The molecule has 0 rings (SSSR count). The molecule has 0 aromatic carbocycles. The summed E-state index contributed by atoms with van der Waals surface area (Å²) in [6.45, 7) is 3.67. The number of nitrogens with two attached hydrogens (primary N) is 2. The molecular weight excluding hydrogens is 192 g/mol. The summed E-state index contributed by atoms with van der Waals surface area (Å²) in [5, 5.41) is 0. The van der Waals surface area contributed by atoms with Crippen molar-refractivity contribution in [3.8, 4) is 0 Å². The first kappa shape index (κ1) is 13.0. The van der Waals surface area contributed by atoms with E-state index in [0.717, 1.165) is 0 Å². The van der Waals surface area contributed by atoms with Gasteiger partial charge in [-0.1, -0.05) is 0 Å². The topological polar surface area (TPSA) is 111 Å². The van der Waals surface area contributed by atoms with Crippen LogP contribution in [0.5, 0.6) is 0 Å². The van der Waals surface area contributed by atoms with Crippen molar-refractivity contribution in [1.29, 1.82) is 0 Å². The van der Waals surface area contributed by atoms with Gasteiger partial charge in [0.2, 0.25) is 0 Å². The first-order chi connectivity index (χ1) is 5.91. The van der Waals surface area contributed by atoms with Crippen LogP contribution >= 0.6 is 0 Å². The van der Waals surface area contributed by atoms with E-state index in [1.165, 1.54) is 0 Å². The van der Waals surface area contributed by atoms with Crippen LogP contribution in [0.4, 0.5) is 0 Å². The standard InChI is InChI=1S/C6H18N2O4Si/c1-5(3-7)11-13(9,10)12-6(2)4-8/h5-6,9-10H,3-4,7-8H2,1-2H3. The Kier molecular flexibility index (Phi) is 5.64. The Balaban J connectivity index is 3.92. The molecule has 80 valence electrons. The van der Waals surface area contributed by atoms with Gasteiger partial charge in [0.25, 0.3) is 0 Å². The molecule has 0 fully saturated rings. The first-order valence-corrected chi connectivity index (χ1v) is 5.83. The van der Waals surface area contributed by atoms with Crippen LogP contribution in [0.1, 0.15) is 13.8 Å². The summed E-state index contributed by atoms with van der Waals surface area (Å²) >= 11 is 0. The molecule has 0 spiro atoms. The van der Waals surface area contributed by atoms with Gasteiger partial charge in [0, 0.05) is 13.1 Å². The molecule has 0 amide bonds. The van der Waals surface area contributed by atoms with Crippen molar-refractivity contribution in [3.63, 3.8) is 0 Å². The van der Waals surface area contributed by atoms with Crippen molar-refractivity contribution in [2.45, 2.75) is 26.1 Å². The minimum absolute atomic E-state index is 0.205. The first-order valence-electron chi connectivity index (χ1n) is 4.11. The summed E-state index contributed by atoms with van der Waals surface area (Å²) in [5.74, 6) is 0. The van der Waals surface area contributed by atoms with Crippen molar-refractivity contribution in [2.24, 2.45) is 11.5 Å². The van der Waals surface area contributed by atoms with Crippen LogP contribution in [-0.2, 0) is 8.85 Å². The van der Waals surface area contributed by atoms with Crippen molar-refractivity contribution in [1.82, 2.24) is 0 Å². The Hall–Kier alpha value is -0.0231. The van der Waals surface area contributed by atoms with Gasteiger partial charge in [-0.3, -0.25) is 0 Å². The second-order valence-electron chi connectivity index (χ2n) is 2.88. The third kappa shape index (κ3) is 6.10. The maximum atomic E-state index is 9.26. The zero-order chi connectivity index (χ0) is 10.5. The molecule has 0 aliphatic carbocycles. The van der Waals surface area contributed by atoms with E-state index in [1.807, 2.05) is 0 Å². The minimum atomic E-state index is -4.03. The smallest absolute Gasteiger partial charge is 0.367 e. The van der Waals surface area contributed by atoms with Crippen molar-refractivity contribution < 1.29 is 18.4 Å². The molecule has 0 saturated carbocycles. The van der Waals surface area contributed by atoms with Gasteiger partial charge in [-0.05, 0) is 13.8 Å². The SMILES string of the molecule is CC(CN)O[Si](O)(O)OC(C)CN. The van der Waals surface area contributed by atoms with Gasteiger partial charge < -0.3 is 29.9 Å². The van der Waals surface area contributed by atoms with Crippen LogP contribution in [-0.4, -0.2) is 43.9 Å². The fourth-order valence-corrected chi connectivity index (χ4v) is 1.94. The molecule has 6 N–H and O–H groups in total. The van der Waals surface area contributed by atoms with E-state index >= 15 is 0 Å². The molecule has 0 saturated heterocycles. The molecule has 0 aliphatic rings. The Morgan fingerprint density at radius 2 is 1.38 bits per heavy atom. The monoisotopic (exact) mass is 210 g/mol. The highest BCUT2D eigenvalue weighted by atomic mass is 28.4. The molecule has 6 nitrogen and oxygen atoms in total. The van der Waals surface area contributed by atoms with Crippen molar-refractivity contribution in [2.75, 3.05) is 13.1 Å². The third-order valence-electron chi connectivity index (χ3n) is 1.37. The molecule has 0 radical (unpaired) electrons. The van der Waals surface area contributed by atoms with Gasteiger partial charge in [0.15, 0.2) is 0 Å². The molecule has 2 unspecified atom stereocenters. The molecule has 2 atom stereocenters. The Labute approximate surface area is 78.9 Å². The van der Waals surface area contributed by atoms with Gasteiger partial charge in [0.1, 0.15) is 0 Å². The molecule has 0 aromatic heterocycles. The van der Waals surface area contributed by atoms with Crippen LogP contribution in [0, 0.1) is 0 Å². The maximum absolute atomic E-state index is 9.26. The molecule has 13 heavy (non-hydrogen) atoms. The third-order valence-corrected chi connectivity index (χ3v) is 2.79. The van der Waals surface area contributed by atoms with Gasteiger partial charge in [-0.2, -0.15) is 0 Å². The zero-order valence-corrected chi connectivity index (χ0v) is 8.93. The second kappa shape index (κ2) is 5.65. The fourth-order valence-electron chi connectivity index (χ4n) is 0.648. The summed E-state index contributed by atoms with van der Waals surface area (Å²) in [4.78, 5) is 18.5. The lowest BCUT2D eigenvalue weighted by Crippen LogP contribution is -2.49.